The molecule has 1 aliphatic rings. The Hall–Kier alpha value is -1.60. The Kier molecular flexibility index (Phi) is 6.21. The predicted octanol–water partition coefficient (Wildman–Crippen LogP) is 0.680. The lowest BCUT2D eigenvalue weighted by atomic mass is 10.2. The van der Waals surface area contributed by atoms with Crippen molar-refractivity contribution >= 4 is 6.03 Å². The minimum Gasteiger partial charge on any atom is -0.373 e. The number of rotatable bonds is 6. The molecule has 0 bridgehead atoms. The molecule has 1 aromatic heterocycles. The third-order valence-corrected chi connectivity index (χ3v) is 3.61. The zero-order valence-corrected chi connectivity index (χ0v) is 13.7. The predicted molar refractivity (Wildman–Crippen MR) is 84.7 cm³/mol. The van der Waals surface area contributed by atoms with Crippen LogP contribution in [0.5, 0.6) is 0 Å². The molecule has 0 aliphatic carbocycles. The van der Waals surface area contributed by atoms with Crippen molar-refractivity contribution in [2.75, 3.05) is 26.2 Å². The third-order valence-electron chi connectivity index (χ3n) is 3.61. The fraction of sp³-hybridized carbons (Fsp3) is 0.733. The van der Waals surface area contributed by atoms with E-state index in [1.807, 2.05) is 19.2 Å². The highest BCUT2D eigenvalue weighted by Crippen LogP contribution is 2.09. The Labute approximate surface area is 132 Å². The summed E-state index contributed by atoms with van der Waals surface area (Å²) in [4.78, 5) is 14.2. The molecule has 22 heavy (non-hydrogen) atoms. The van der Waals surface area contributed by atoms with E-state index < -0.39 is 0 Å². The van der Waals surface area contributed by atoms with Crippen LogP contribution in [0.2, 0.25) is 0 Å². The first-order valence-corrected chi connectivity index (χ1v) is 7.92. The molecule has 0 saturated carbocycles. The molecule has 7 nitrogen and oxygen atoms in total. The van der Waals surface area contributed by atoms with Gasteiger partial charge in [0, 0.05) is 44.6 Å². The molecule has 0 radical (unpaired) electrons. The molecule has 2 rings (SSSR count). The molecule has 1 fully saturated rings. The largest absolute Gasteiger partial charge is 0.373 e. The Balaban J connectivity index is 1.61. The van der Waals surface area contributed by atoms with E-state index in [1.54, 1.807) is 10.9 Å². The number of carbonyl (C=O) groups excluding carboxylic acids is 1. The van der Waals surface area contributed by atoms with Crippen LogP contribution in [0.15, 0.2) is 18.5 Å². The van der Waals surface area contributed by atoms with Crippen molar-refractivity contribution in [1.82, 2.24) is 25.3 Å². The van der Waals surface area contributed by atoms with Crippen LogP contribution in [0.25, 0.3) is 0 Å². The Morgan fingerprint density at radius 2 is 2.14 bits per heavy atom. The maximum atomic E-state index is 11.9. The Bertz CT molecular complexity index is 441. The van der Waals surface area contributed by atoms with Crippen molar-refractivity contribution in [3.05, 3.63) is 18.5 Å². The van der Waals surface area contributed by atoms with Crippen molar-refractivity contribution in [1.29, 1.82) is 0 Å². The first kappa shape index (κ1) is 16.8. The van der Waals surface area contributed by atoms with E-state index in [9.17, 15) is 4.79 Å². The monoisotopic (exact) mass is 309 g/mol. The number of nitrogens with zero attached hydrogens (tertiary/aromatic N) is 3. The number of urea groups is 1. The number of nitrogens with one attached hydrogen (secondary N) is 2. The minimum absolute atomic E-state index is 0.0309. The van der Waals surface area contributed by atoms with E-state index in [0.717, 1.165) is 19.6 Å². The van der Waals surface area contributed by atoms with Crippen LogP contribution in [0, 0.1) is 0 Å². The lowest BCUT2D eigenvalue weighted by Crippen LogP contribution is -2.49. The number of hydrogen-bond donors (Lipinski definition) is 2. The first-order valence-electron chi connectivity index (χ1n) is 7.92. The second-order valence-electron chi connectivity index (χ2n) is 6.05. The van der Waals surface area contributed by atoms with Crippen molar-refractivity contribution < 1.29 is 9.53 Å². The Morgan fingerprint density at radius 3 is 2.77 bits per heavy atom. The molecule has 0 unspecified atom stereocenters. The number of aromatic nitrogens is 2. The van der Waals surface area contributed by atoms with Crippen molar-refractivity contribution in [3.63, 3.8) is 0 Å². The lowest BCUT2D eigenvalue weighted by molar-refractivity contribution is -0.0672. The first-order chi connectivity index (χ1) is 10.5. The summed E-state index contributed by atoms with van der Waals surface area (Å²) in [6.45, 7) is 10.1. The fourth-order valence-corrected chi connectivity index (χ4v) is 2.80. The molecule has 2 heterocycles. The van der Waals surface area contributed by atoms with Gasteiger partial charge in [-0.25, -0.2) is 4.79 Å². The lowest BCUT2D eigenvalue weighted by Gasteiger charge is -2.35. The minimum atomic E-state index is -0.131. The maximum Gasteiger partial charge on any atom is 0.315 e. The summed E-state index contributed by atoms with van der Waals surface area (Å²) in [5.41, 5.74) is 0. The van der Waals surface area contributed by atoms with Crippen LogP contribution in [0.1, 0.15) is 20.8 Å². The van der Waals surface area contributed by atoms with E-state index >= 15 is 0 Å². The second kappa shape index (κ2) is 8.14. The standard InChI is InChI=1S/C15H27N5O2/c1-12(9-20-7-4-5-17-20)18-15(21)16-6-8-19-10-13(2)22-14(3)11-19/h4-5,7,12-14H,6,8-11H2,1-3H3,(H2,16,18,21)/t12-,13-,14+/m0/s1. The van der Waals surface area contributed by atoms with Crippen molar-refractivity contribution in [2.45, 2.75) is 45.6 Å². The van der Waals surface area contributed by atoms with Crippen LogP contribution in [-0.4, -0.2) is 65.1 Å². The average Bonchev–Trinajstić information content (AvgIpc) is 2.90. The van der Waals surface area contributed by atoms with Gasteiger partial charge >= 0.3 is 6.03 Å². The summed E-state index contributed by atoms with van der Waals surface area (Å²) in [6, 6.07) is 1.77. The van der Waals surface area contributed by atoms with E-state index in [1.165, 1.54) is 0 Å². The van der Waals surface area contributed by atoms with Crippen LogP contribution < -0.4 is 10.6 Å². The van der Waals surface area contributed by atoms with Gasteiger partial charge in [-0.1, -0.05) is 0 Å². The molecule has 0 aromatic carbocycles. The molecule has 124 valence electrons. The molecule has 2 amide bonds. The zero-order chi connectivity index (χ0) is 15.9. The van der Waals surface area contributed by atoms with Gasteiger partial charge in [0.2, 0.25) is 0 Å². The molecular weight excluding hydrogens is 282 g/mol. The molecule has 7 heteroatoms. The molecule has 1 saturated heterocycles. The quantitative estimate of drug-likeness (QED) is 0.811. The SMILES string of the molecule is C[C@@H]1CN(CCNC(=O)N[C@@H](C)Cn2cccn2)C[C@H](C)O1. The summed E-state index contributed by atoms with van der Waals surface area (Å²) in [5.74, 6) is 0. The van der Waals surface area contributed by atoms with Gasteiger partial charge in [0.1, 0.15) is 0 Å². The number of carbonyl (C=O) groups is 1. The molecule has 0 spiro atoms. The van der Waals surface area contributed by atoms with Crippen molar-refractivity contribution in [3.8, 4) is 0 Å². The average molecular weight is 309 g/mol. The van der Waals surface area contributed by atoms with Crippen LogP contribution in [-0.2, 0) is 11.3 Å². The summed E-state index contributed by atoms with van der Waals surface area (Å²) >= 11 is 0. The Morgan fingerprint density at radius 1 is 1.41 bits per heavy atom. The summed E-state index contributed by atoms with van der Waals surface area (Å²) in [6.07, 6.45) is 4.13. The number of morpholine rings is 1. The summed E-state index contributed by atoms with van der Waals surface area (Å²) < 4.78 is 7.50. The highest BCUT2D eigenvalue weighted by atomic mass is 16.5. The normalized spacial score (nSPS) is 24.0. The molecule has 1 aromatic rings. The second-order valence-corrected chi connectivity index (χ2v) is 6.05. The number of amides is 2. The topological polar surface area (TPSA) is 71.4 Å². The van der Waals surface area contributed by atoms with E-state index in [2.05, 4.69) is 34.5 Å². The van der Waals surface area contributed by atoms with Gasteiger partial charge in [-0.05, 0) is 26.8 Å². The van der Waals surface area contributed by atoms with Gasteiger partial charge in [0.15, 0.2) is 0 Å². The molecule has 3 atom stereocenters. The maximum absolute atomic E-state index is 11.9. The summed E-state index contributed by atoms with van der Waals surface area (Å²) in [7, 11) is 0. The van der Waals surface area contributed by atoms with Crippen molar-refractivity contribution in [2.24, 2.45) is 0 Å². The van der Waals surface area contributed by atoms with E-state index in [-0.39, 0.29) is 24.3 Å². The molecular formula is C15H27N5O2. The van der Waals surface area contributed by atoms with E-state index in [4.69, 9.17) is 4.74 Å². The van der Waals surface area contributed by atoms with E-state index in [0.29, 0.717) is 13.1 Å². The van der Waals surface area contributed by atoms with Gasteiger partial charge in [-0.2, -0.15) is 5.10 Å². The van der Waals surface area contributed by atoms with Crippen LogP contribution in [0.4, 0.5) is 4.79 Å². The van der Waals surface area contributed by atoms with Gasteiger partial charge in [0.25, 0.3) is 0 Å². The molecule has 2 N–H and O–H groups in total. The summed E-state index contributed by atoms with van der Waals surface area (Å²) in [5, 5.41) is 9.95. The highest BCUT2D eigenvalue weighted by Gasteiger charge is 2.21. The van der Waals surface area contributed by atoms with Gasteiger partial charge in [-0.15, -0.1) is 0 Å². The van der Waals surface area contributed by atoms with Gasteiger partial charge in [-0.3, -0.25) is 9.58 Å². The van der Waals surface area contributed by atoms with Crippen LogP contribution >= 0.6 is 0 Å². The zero-order valence-electron chi connectivity index (χ0n) is 13.7. The molecule has 1 aliphatic heterocycles. The fourth-order valence-electron chi connectivity index (χ4n) is 2.80. The van der Waals surface area contributed by atoms with Gasteiger partial charge < -0.3 is 15.4 Å². The third kappa shape index (κ3) is 5.65. The van der Waals surface area contributed by atoms with Crippen LogP contribution in [0.3, 0.4) is 0 Å². The smallest absolute Gasteiger partial charge is 0.315 e. The van der Waals surface area contributed by atoms with Gasteiger partial charge in [0.05, 0.1) is 18.8 Å². The number of ether oxygens (including phenoxy) is 1. The number of hydrogen-bond acceptors (Lipinski definition) is 4. The highest BCUT2D eigenvalue weighted by molar-refractivity contribution is 5.74.